The highest BCUT2D eigenvalue weighted by molar-refractivity contribution is 6.31. The van der Waals surface area contributed by atoms with Crippen LogP contribution < -0.4 is 4.74 Å². The molecule has 3 nitrogen and oxygen atoms in total. The number of methoxy groups -OCH3 is 1. The molecule has 0 saturated heterocycles. The fourth-order valence-electron chi connectivity index (χ4n) is 3.76. The van der Waals surface area contributed by atoms with Crippen LogP contribution in [-0.2, 0) is 13.0 Å². The number of rotatable bonds is 3. The Hall–Kier alpha value is -2.23. The number of ether oxygens (including phenoxy) is 1. The van der Waals surface area contributed by atoms with E-state index in [1.165, 1.54) is 33.3 Å². The van der Waals surface area contributed by atoms with Crippen molar-refractivity contribution in [3.8, 4) is 5.75 Å². The molecule has 0 unspecified atom stereocenters. The normalized spacial score (nSPS) is 15.3. The fraction of sp³-hybridized carbons (Fsp3) is 0.273. The van der Waals surface area contributed by atoms with E-state index in [1.54, 1.807) is 7.11 Å². The first-order valence-corrected chi connectivity index (χ1v) is 9.27. The number of benzene rings is 2. The van der Waals surface area contributed by atoms with Gasteiger partial charge in [-0.1, -0.05) is 23.7 Å². The van der Waals surface area contributed by atoms with Gasteiger partial charge in [0.05, 0.1) is 12.6 Å². The number of hydrogen-bond donors (Lipinski definition) is 0. The van der Waals surface area contributed by atoms with Crippen LogP contribution in [0.4, 0.5) is 0 Å². The van der Waals surface area contributed by atoms with Gasteiger partial charge in [0.15, 0.2) is 0 Å². The molecule has 0 amide bonds. The zero-order chi connectivity index (χ0) is 18.3. The van der Waals surface area contributed by atoms with Crippen molar-refractivity contribution in [1.82, 2.24) is 9.47 Å². The lowest BCUT2D eigenvalue weighted by molar-refractivity contribution is 0.308. The highest BCUT2D eigenvalue weighted by Gasteiger charge is 2.22. The predicted molar refractivity (Wildman–Crippen MR) is 110 cm³/mol. The zero-order valence-corrected chi connectivity index (χ0v) is 16.2. The van der Waals surface area contributed by atoms with Crippen LogP contribution in [0.15, 0.2) is 42.5 Å². The number of aromatic nitrogens is 1. The van der Waals surface area contributed by atoms with E-state index in [2.05, 4.69) is 53.9 Å². The average Bonchev–Trinajstić information content (AvgIpc) is 2.94. The molecule has 0 atom stereocenters. The SMILES string of the molecule is COc1ccc(C(C)=Cn2c3c(c4cc(Cl)ccc42)CCN(C)C3)cc1. The second-order valence-electron chi connectivity index (χ2n) is 6.99. The molecular formula is C22H23ClN2O. The lowest BCUT2D eigenvalue weighted by Crippen LogP contribution is -2.27. The molecule has 0 saturated carbocycles. The van der Waals surface area contributed by atoms with Crippen LogP contribution >= 0.6 is 11.6 Å². The predicted octanol–water partition coefficient (Wildman–Crippen LogP) is 5.31. The summed E-state index contributed by atoms with van der Waals surface area (Å²) in [5, 5.41) is 2.08. The molecule has 3 aromatic rings. The molecule has 1 aromatic heterocycles. The van der Waals surface area contributed by atoms with Crippen molar-refractivity contribution in [2.24, 2.45) is 0 Å². The Morgan fingerprint density at radius 2 is 1.92 bits per heavy atom. The lowest BCUT2D eigenvalue weighted by Gasteiger charge is -2.24. The number of fused-ring (bicyclic) bond motifs is 3. The maximum absolute atomic E-state index is 6.28. The number of nitrogens with zero attached hydrogens (tertiary/aromatic N) is 2. The van der Waals surface area contributed by atoms with Crippen molar-refractivity contribution >= 4 is 34.3 Å². The first kappa shape index (κ1) is 17.2. The van der Waals surface area contributed by atoms with Gasteiger partial charge in [0.25, 0.3) is 0 Å². The largest absolute Gasteiger partial charge is 0.497 e. The second kappa shape index (κ2) is 6.82. The summed E-state index contributed by atoms with van der Waals surface area (Å²) in [6.45, 7) is 4.19. The Morgan fingerprint density at radius 3 is 2.65 bits per heavy atom. The summed E-state index contributed by atoms with van der Waals surface area (Å²) in [6.07, 6.45) is 3.31. The number of halogens is 1. The topological polar surface area (TPSA) is 17.4 Å². The minimum Gasteiger partial charge on any atom is -0.497 e. The van der Waals surface area contributed by atoms with Gasteiger partial charge < -0.3 is 14.2 Å². The first-order chi connectivity index (χ1) is 12.6. The Kier molecular flexibility index (Phi) is 4.51. The van der Waals surface area contributed by atoms with E-state index in [4.69, 9.17) is 16.3 Å². The minimum absolute atomic E-state index is 0.798. The molecule has 0 fully saturated rings. The molecule has 0 aliphatic carbocycles. The molecule has 1 aliphatic heterocycles. The summed E-state index contributed by atoms with van der Waals surface area (Å²) in [6, 6.07) is 14.4. The number of allylic oxidation sites excluding steroid dienone is 1. The molecule has 4 rings (SSSR count). The molecule has 4 heteroatoms. The minimum atomic E-state index is 0.798. The van der Waals surface area contributed by atoms with E-state index in [0.29, 0.717) is 0 Å². The van der Waals surface area contributed by atoms with Gasteiger partial charge in [0, 0.05) is 35.4 Å². The van der Waals surface area contributed by atoms with E-state index < -0.39 is 0 Å². The highest BCUT2D eigenvalue weighted by Crippen LogP contribution is 2.33. The quantitative estimate of drug-likeness (QED) is 0.625. The van der Waals surface area contributed by atoms with Crippen molar-refractivity contribution in [1.29, 1.82) is 0 Å². The fourth-order valence-corrected chi connectivity index (χ4v) is 3.94. The van der Waals surface area contributed by atoms with Crippen LogP contribution in [0.2, 0.25) is 5.02 Å². The Bertz CT molecular complexity index is 986. The van der Waals surface area contributed by atoms with Crippen molar-refractivity contribution in [3.05, 3.63) is 64.3 Å². The Morgan fingerprint density at radius 1 is 1.15 bits per heavy atom. The van der Waals surface area contributed by atoms with Gasteiger partial charge in [-0.2, -0.15) is 0 Å². The van der Waals surface area contributed by atoms with Crippen LogP contribution in [0.3, 0.4) is 0 Å². The molecular weight excluding hydrogens is 344 g/mol. The van der Waals surface area contributed by atoms with Crippen molar-refractivity contribution in [2.75, 3.05) is 20.7 Å². The van der Waals surface area contributed by atoms with Gasteiger partial charge in [-0.25, -0.2) is 0 Å². The summed E-state index contributed by atoms with van der Waals surface area (Å²) >= 11 is 6.28. The van der Waals surface area contributed by atoms with E-state index in [-0.39, 0.29) is 0 Å². The van der Waals surface area contributed by atoms with Gasteiger partial charge in [-0.05, 0) is 67.4 Å². The Labute approximate surface area is 159 Å². The summed E-state index contributed by atoms with van der Waals surface area (Å²) in [5.41, 5.74) is 6.43. The van der Waals surface area contributed by atoms with Crippen molar-refractivity contribution in [2.45, 2.75) is 19.9 Å². The lowest BCUT2D eigenvalue weighted by atomic mass is 10.0. The van der Waals surface area contributed by atoms with Crippen molar-refractivity contribution < 1.29 is 4.74 Å². The maximum atomic E-state index is 6.28. The molecule has 0 bridgehead atoms. The first-order valence-electron chi connectivity index (χ1n) is 8.89. The zero-order valence-electron chi connectivity index (χ0n) is 15.4. The molecule has 0 radical (unpaired) electrons. The van der Waals surface area contributed by atoms with Crippen molar-refractivity contribution in [3.63, 3.8) is 0 Å². The van der Waals surface area contributed by atoms with Crippen LogP contribution in [0, 0.1) is 0 Å². The third-order valence-corrected chi connectivity index (χ3v) is 5.45. The maximum Gasteiger partial charge on any atom is 0.118 e. The standard InChI is InChI=1S/C22H23ClN2O/c1-15(16-4-7-18(26-3)8-5-16)13-25-21-9-6-17(23)12-20(21)19-10-11-24(2)14-22(19)25/h4-9,12-13H,10-11,14H2,1-3H3. The Balaban J connectivity index is 1.86. The van der Waals surface area contributed by atoms with Crippen LogP contribution in [0.25, 0.3) is 22.7 Å². The van der Waals surface area contributed by atoms with Gasteiger partial charge >= 0.3 is 0 Å². The van der Waals surface area contributed by atoms with Crippen LogP contribution in [0.5, 0.6) is 5.75 Å². The van der Waals surface area contributed by atoms with Gasteiger partial charge in [0.1, 0.15) is 5.75 Å². The van der Waals surface area contributed by atoms with E-state index >= 15 is 0 Å². The summed E-state index contributed by atoms with van der Waals surface area (Å²) in [7, 11) is 3.87. The van der Waals surface area contributed by atoms with Gasteiger partial charge in [-0.15, -0.1) is 0 Å². The summed E-state index contributed by atoms with van der Waals surface area (Å²) in [5.74, 6) is 0.876. The van der Waals surface area contributed by atoms with Crippen LogP contribution in [0.1, 0.15) is 23.7 Å². The number of likely N-dealkylation sites (N-methyl/N-ethyl adjacent to an activating group) is 1. The molecule has 26 heavy (non-hydrogen) atoms. The highest BCUT2D eigenvalue weighted by atomic mass is 35.5. The monoisotopic (exact) mass is 366 g/mol. The molecule has 2 aromatic carbocycles. The summed E-state index contributed by atoms with van der Waals surface area (Å²) in [4.78, 5) is 2.37. The van der Waals surface area contributed by atoms with E-state index in [1.807, 2.05) is 18.2 Å². The van der Waals surface area contributed by atoms with E-state index in [9.17, 15) is 0 Å². The average molecular weight is 367 g/mol. The van der Waals surface area contributed by atoms with Crippen LogP contribution in [-0.4, -0.2) is 30.2 Å². The molecule has 0 spiro atoms. The van der Waals surface area contributed by atoms with E-state index in [0.717, 1.165) is 30.3 Å². The number of hydrogen-bond acceptors (Lipinski definition) is 2. The summed E-state index contributed by atoms with van der Waals surface area (Å²) < 4.78 is 7.61. The molecule has 2 heterocycles. The third kappa shape index (κ3) is 3.02. The third-order valence-electron chi connectivity index (χ3n) is 5.21. The smallest absolute Gasteiger partial charge is 0.118 e. The molecule has 1 aliphatic rings. The van der Waals surface area contributed by atoms with Gasteiger partial charge in [-0.3, -0.25) is 0 Å². The molecule has 134 valence electrons. The second-order valence-corrected chi connectivity index (χ2v) is 7.42. The van der Waals surface area contributed by atoms with Gasteiger partial charge in [0.2, 0.25) is 0 Å². The molecule has 0 N–H and O–H groups in total.